The van der Waals surface area contributed by atoms with Crippen LogP contribution in [-0.2, 0) is 6.54 Å². The first-order chi connectivity index (χ1) is 12.1. The maximum atomic E-state index is 12.6. The Morgan fingerprint density at radius 1 is 1.40 bits per heavy atom. The van der Waals surface area contributed by atoms with Crippen molar-refractivity contribution in [1.82, 2.24) is 25.1 Å². The van der Waals surface area contributed by atoms with Crippen LogP contribution in [0.2, 0.25) is 0 Å². The zero-order valence-corrected chi connectivity index (χ0v) is 15.4. The third-order valence-electron chi connectivity index (χ3n) is 3.86. The molecule has 3 aromatic rings. The maximum absolute atomic E-state index is 12.6. The predicted octanol–water partition coefficient (Wildman–Crippen LogP) is 3.61. The highest BCUT2D eigenvalue weighted by atomic mass is 32.1. The molecule has 0 spiro atoms. The Morgan fingerprint density at radius 3 is 2.96 bits per heavy atom. The van der Waals surface area contributed by atoms with Gasteiger partial charge < -0.3 is 5.32 Å². The van der Waals surface area contributed by atoms with Crippen LogP contribution in [0.25, 0.3) is 11.4 Å². The normalized spacial score (nSPS) is 12.1. The second kappa shape index (κ2) is 7.57. The third kappa shape index (κ3) is 3.93. The lowest BCUT2D eigenvalue weighted by atomic mass is 10.1. The largest absolute Gasteiger partial charge is 0.344 e. The lowest BCUT2D eigenvalue weighted by Gasteiger charge is -2.12. The van der Waals surface area contributed by atoms with E-state index in [1.807, 2.05) is 42.1 Å². The molecule has 1 aromatic carbocycles. The monoisotopic (exact) mass is 355 g/mol. The number of thiazole rings is 1. The Hall–Kier alpha value is -2.54. The molecule has 1 atom stereocenters. The Balaban J connectivity index is 1.78. The molecule has 0 aliphatic rings. The van der Waals surface area contributed by atoms with Gasteiger partial charge >= 0.3 is 0 Å². The number of hydrogen-bond donors (Lipinski definition) is 1. The van der Waals surface area contributed by atoms with Crippen molar-refractivity contribution in [2.24, 2.45) is 0 Å². The van der Waals surface area contributed by atoms with E-state index in [-0.39, 0.29) is 11.9 Å². The summed E-state index contributed by atoms with van der Waals surface area (Å²) in [7, 11) is 0. The SMILES string of the molecule is CCCn1ncnc1-c1cccc(C(=O)NC(C)c2csc(C)n2)c1. The summed E-state index contributed by atoms with van der Waals surface area (Å²) in [6.45, 7) is 6.79. The number of carbonyl (C=O) groups is 1. The van der Waals surface area contributed by atoms with Crippen molar-refractivity contribution < 1.29 is 4.79 Å². The van der Waals surface area contributed by atoms with E-state index in [2.05, 4.69) is 27.3 Å². The van der Waals surface area contributed by atoms with Crippen molar-refractivity contribution in [3.8, 4) is 11.4 Å². The lowest BCUT2D eigenvalue weighted by molar-refractivity contribution is 0.0939. The van der Waals surface area contributed by atoms with Crippen LogP contribution in [0.3, 0.4) is 0 Å². The summed E-state index contributed by atoms with van der Waals surface area (Å²) in [6, 6.07) is 7.33. The van der Waals surface area contributed by atoms with E-state index in [0.717, 1.165) is 35.1 Å². The molecule has 130 valence electrons. The van der Waals surface area contributed by atoms with E-state index in [4.69, 9.17) is 0 Å². The van der Waals surface area contributed by atoms with Crippen molar-refractivity contribution in [3.63, 3.8) is 0 Å². The summed E-state index contributed by atoms with van der Waals surface area (Å²) in [5, 5.41) is 10.2. The van der Waals surface area contributed by atoms with Crippen LogP contribution in [0, 0.1) is 6.92 Å². The van der Waals surface area contributed by atoms with Crippen molar-refractivity contribution in [1.29, 1.82) is 0 Å². The van der Waals surface area contributed by atoms with Gasteiger partial charge in [-0.2, -0.15) is 5.10 Å². The first-order valence-corrected chi connectivity index (χ1v) is 9.17. The van der Waals surface area contributed by atoms with Gasteiger partial charge in [-0.15, -0.1) is 11.3 Å². The number of amides is 1. The highest BCUT2D eigenvalue weighted by Gasteiger charge is 2.15. The second-order valence-electron chi connectivity index (χ2n) is 5.87. The third-order valence-corrected chi connectivity index (χ3v) is 4.65. The summed E-state index contributed by atoms with van der Waals surface area (Å²) in [5.74, 6) is 0.654. The smallest absolute Gasteiger partial charge is 0.251 e. The van der Waals surface area contributed by atoms with Crippen molar-refractivity contribution in [2.45, 2.75) is 39.8 Å². The van der Waals surface area contributed by atoms with E-state index < -0.39 is 0 Å². The number of benzene rings is 1. The molecule has 1 unspecified atom stereocenters. The maximum Gasteiger partial charge on any atom is 0.251 e. The van der Waals surface area contributed by atoms with E-state index in [0.29, 0.717) is 5.56 Å². The van der Waals surface area contributed by atoms with Gasteiger partial charge in [0.2, 0.25) is 0 Å². The van der Waals surface area contributed by atoms with Gasteiger partial charge in [0.1, 0.15) is 6.33 Å². The first kappa shape index (κ1) is 17.3. The molecular weight excluding hydrogens is 334 g/mol. The average molecular weight is 355 g/mol. The summed E-state index contributed by atoms with van der Waals surface area (Å²) in [4.78, 5) is 21.3. The molecule has 1 amide bonds. The Labute approximate surface area is 150 Å². The summed E-state index contributed by atoms with van der Waals surface area (Å²) in [5.41, 5.74) is 2.37. The molecule has 0 bridgehead atoms. The minimum Gasteiger partial charge on any atom is -0.344 e. The van der Waals surface area contributed by atoms with Gasteiger partial charge in [-0.25, -0.2) is 14.6 Å². The van der Waals surface area contributed by atoms with Crippen molar-refractivity contribution >= 4 is 17.2 Å². The second-order valence-corrected chi connectivity index (χ2v) is 6.94. The molecule has 0 fully saturated rings. The molecule has 2 aromatic heterocycles. The van der Waals surface area contributed by atoms with Crippen LogP contribution >= 0.6 is 11.3 Å². The van der Waals surface area contributed by atoms with Gasteiger partial charge in [-0.05, 0) is 32.4 Å². The van der Waals surface area contributed by atoms with Gasteiger partial charge in [-0.1, -0.05) is 19.1 Å². The van der Waals surface area contributed by atoms with Gasteiger partial charge in [-0.3, -0.25) is 4.79 Å². The zero-order chi connectivity index (χ0) is 17.8. The summed E-state index contributed by atoms with van der Waals surface area (Å²) in [6.07, 6.45) is 2.52. The van der Waals surface area contributed by atoms with Crippen LogP contribution in [-0.4, -0.2) is 25.7 Å². The van der Waals surface area contributed by atoms with E-state index in [1.54, 1.807) is 23.7 Å². The first-order valence-electron chi connectivity index (χ1n) is 8.29. The number of aromatic nitrogens is 4. The number of aryl methyl sites for hydroxylation is 2. The fourth-order valence-corrected chi connectivity index (χ4v) is 3.30. The molecule has 2 heterocycles. The molecule has 1 N–H and O–H groups in total. The van der Waals surface area contributed by atoms with Gasteiger partial charge in [0, 0.05) is 23.1 Å². The zero-order valence-electron chi connectivity index (χ0n) is 14.6. The molecule has 3 rings (SSSR count). The quantitative estimate of drug-likeness (QED) is 0.733. The highest BCUT2D eigenvalue weighted by Crippen LogP contribution is 2.20. The number of hydrogen-bond acceptors (Lipinski definition) is 5. The molecule has 7 heteroatoms. The minimum absolute atomic E-state index is 0.124. The molecular formula is C18H21N5OS. The van der Waals surface area contributed by atoms with Gasteiger partial charge in [0.25, 0.3) is 5.91 Å². The molecule has 0 saturated carbocycles. The topological polar surface area (TPSA) is 72.7 Å². The van der Waals surface area contributed by atoms with E-state index in [9.17, 15) is 4.79 Å². The van der Waals surface area contributed by atoms with Crippen LogP contribution < -0.4 is 5.32 Å². The molecule has 0 saturated heterocycles. The van der Waals surface area contributed by atoms with Crippen LogP contribution in [0.5, 0.6) is 0 Å². The standard InChI is InChI=1S/C18H21N5OS/c1-4-8-23-17(19-11-20-23)14-6-5-7-15(9-14)18(24)21-12(2)16-10-25-13(3)22-16/h5-7,9-12H,4,8H2,1-3H3,(H,21,24). The van der Waals surface area contributed by atoms with Crippen LogP contribution in [0.15, 0.2) is 36.0 Å². The number of rotatable bonds is 6. The molecule has 25 heavy (non-hydrogen) atoms. The lowest BCUT2D eigenvalue weighted by Crippen LogP contribution is -2.26. The van der Waals surface area contributed by atoms with Crippen LogP contribution in [0.4, 0.5) is 0 Å². The number of carbonyl (C=O) groups excluding carboxylic acids is 1. The number of nitrogens with one attached hydrogen (secondary N) is 1. The van der Waals surface area contributed by atoms with E-state index in [1.165, 1.54) is 0 Å². The Bertz CT molecular complexity index is 870. The fourth-order valence-electron chi connectivity index (χ4n) is 2.60. The predicted molar refractivity (Wildman–Crippen MR) is 98.5 cm³/mol. The summed E-state index contributed by atoms with van der Waals surface area (Å²) >= 11 is 1.58. The average Bonchev–Trinajstić information content (AvgIpc) is 3.24. The molecule has 6 nitrogen and oxygen atoms in total. The van der Waals surface area contributed by atoms with Crippen molar-refractivity contribution in [3.05, 3.63) is 52.2 Å². The Kier molecular flexibility index (Phi) is 5.23. The van der Waals surface area contributed by atoms with Crippen molar-refractivity contribution in [2.75, 3.05) is 0 Å². The fraction of sp³-hybridized carbons (Fsp3) is 0.333. The van der Waals surface area contributed by atoms with E-state index >= 15 is 0 Å². The Morgan fingerprint density at radius 2 is 2.24 bits per heavy atom. The number of nitrogens with zero attached hydrogens (tertiary/aromatic N) is 4. The van der Waals surface area contributed by atoms with Gasteiger partial charge in [0.15, 0.2) is 5.82 Å². The molecule has 0 aliphatic carbocycles. The molecule has 0 aliphatic heterocycles. The van der Waals surface area contributed by atoms with Gasteiger partial charge in [0.05, 0.1) is 16.7 Å². The highest BCUT2D eigenvalue weighted by molar-refractivity contribution is 7.09. The molecule has 0 radical (unpaired) electrons. The minimum atomic E-state index is -0.134. The summed E-state index contributed by atoms with van der Waals surface area (Å²) < 4.78 is 1.86. The van der Waals surface area contributed by atoms with Crippen LogP contribution in [0.1, 0.15) is 47.4 Å².